The average molecular weight is 432 g/mol. The number of fused-ring (bicyclic) bond motifs is 1. The van der Waals surface area contributed by atoms with Gasteiger partial charge >= 0.3 is 0 Å². The molecule has 0 aliphatic carbocycles. The maximum absolute atomic E-state index is 14.5. The molecule has 0 radical (unpaired) electrons. The zero-order valence-electron chi connectivity index (χ0n) is 17.2. The van der Waals surface area contributed by atoms with Crippen molar-refractivity contribution < 1.29 is 18.7 Å². The van der Waals surface area contributed by atoms with Gasteiger partial charge in [0.25, 0.3) is 0 Å². The fourth-order valence-electron chi connectivity index (χ4n) is 3.59. The van der Waals surface area contributed by atoms with Crippen LogP contribution in [0.15, 0.2) is 35.1 Å². The highest BCUT2D eigenvalue weighted by atomic mass is 32.2. The summed E-state index contributed by atoms with van der Waals surface area (Å²) in [7, 11) is 1.00. The standard InChI is InChI=1S/C21H22FN3O2S.CH4O/c1-28-9-5-17-12-23-19(16-10-15-4-8-27-20(15)18(22)11-16)21(24-17)25-6-2-14(13-26)3-7-25;1-2/h4,8,10-14H,2-3,5-7,9H2,1H3;2H,1H3. The molecular weight excluding hydrogens is 405 g/mol. The van der Waals surface area contributed by atoms with Crippen LogP contribution in [0.2, 0.25) is 0 Å². The summed E-state index contributed by atoms with van der Waals surface area (Å²) in [6.45, 7) is 1.49. The Balaban J connectivity index is 0.00000124. The molecule has 30 heavy (non-hydrogen) atoms. The molecule has 0 unspecified atom stereocenters. The number of anilines is 1. The van der Waals surface area contributed by atoms with Crippen LogP contribution in [0, 0.1) is 11.7 Å². The number of aromatic nitrogens is 2. The molecule has 0 bridgehead atoms. The molecule has 4 rings (SSSR count). The van der Waals surface area contributed by atoms with Gasteiger partial charge in [0.1, 0.15) is 12.0 Å². The van der Waals surface area contributed by atoms with Crippen molar-refractivity contribution in [2.24, 2.45) is 5.92 Å². The number of thioether (sulfide) groups is 1. The number of halogens is 1. The first kappa shape index (κ1) is 22.2. The first-order valence-corrected chi connectivity index (χ1v) is 11.3. The van der Waals surface area contributed by atoms with Gasteiger partial charge in [0, 0.05) is 49.7 Å². The molecule has 3 heterocycles. The molecule has 0 saturated carbocycles. The van der Waals surface area contributed by atoms with Crippen molar-refractivity contribution in [1.82, 2.24) is 9.97 Å². The summed E-state index contributed by atoms with van der Waals surface area (Å²) < 4.78 is 19.7. The van der Waals surface area contributed by atoms with E-state index in [1.54, 1.807) is 24.0 Å². The van der Waals surface area contributed by atoms with Crippen molar-refractivity contribution >= 4 is 34.8 Å². The molecule has 1 aliphatic heterocycles. The predicted molar refractivity (Wildman–Crippen MR) is 118 cm³/mol. The van der Waals surface area contributed by atoms with Crippen LogP contribution in [0.1, 0.15) is 18.5 Å². The molecule has 160 valence electrons. The van der Waals surface area contributed by atoms with Crippen molar-refractivity contribution in [2.75, 3.05) is 37.1 Å². The molecule has 8 heteroatoms. The molecule has 1 aromatic carbocycles. The van der Waals surface area contributed by atoms with Gasteiger partial charge in [0.15, 0.2) is 17.2 Å². The third-order valence-corrected chi connectivity index (χ3v) is 5.79. The van der Waals surface area contributed by atoms with E-state index in [1.165, 1.54) is 12.3 Å². The number of nitrogens with zero attached hydrogens (tertiary/aromatic N) is 3. The van der Waals surface area contributed by atoms with E-state index in [4.69, 9.17) is 14.5 Å². The van der Waals surface area contributed by atoms with E-state index in [2.05, 4.69) is 16.1 Å². The number of benzene rings is 1. The number of hydrogen-bond donors (Lipinski definition) is 1. The second kappa shape index (κ2) is 10.5. The Morgan fingerprint density at radius 3 is 2.80 bits per heavy atom. The van der Waals surface area contributed by atoms with Gasteiger partial charge in [-0.25, -0.2) is 9.37 Å². The van der Waals surface area contributed by atoms with E-state index < -0.39 is 5.82 Å². The number of aliphatic hydroxyl groups is 1. The summed E-state index contributed by atoms with van der Waals surface area (Å²) in [5, 5.41) is 7.70. The number of aryl methyl sites for hydroxylation is 1. The number of hydrogen-bond acceptors (Lipinski definition) is 7. The Kier molecular flexibility index (Phi) is 7.81. The molecule has 2 aromatic heterocycles. The molecule has 1 aliphatic rings. The van der Waals surface area contributed by atoms with Crippen LogP contribution in [0.25, 0.3) is 22.2 Å². The molecular formula is C22H26FN3O3S. The molecule has 0 amide bonds. The highest BCUT2D eigenvalue weighted by molar-refractivity contribution is 7.98. The Morgan fingerprint density at radius 2 is 2.10 bits per heavy atom. The number of aliphatic hydroxyl groups excluding tert-OH is 1. The van der Waals surface area contributed by atoms with Crippen molar-refractivity contribution in [3.8, 4) is 11.3 Å². The summed E-state index contributed by atoms with van der Waals surface area (Å²) in [6.07, 6.45) is 8.81. The number of rotatable bonds is 6. The van der Waals surface area contributed by atoms with Crippen LogP contribution < -0.4 is 4.90 Å². The number of furan rings is 1. The SMILES string of the molecule is CO.CSCCc1cnc(-c2cc(F)c3occc3c2)c(N2CCC(C=O)CC2)n1. The molecule has 0 atom stereocenters. The molecule has 6 nitrogen and oxygen atoms in total. The molecule has 1 fully saturated rings. The Hall–Kier alpha value is -2.45. The summed E-state index contributed by atoms with van der Waals surface area (Å²) in [5.74, 6) is 1.43. The van der Waals surface area contributed by atoms with E-state index in [9.17, 15) is 9.18 Å². The minimum Gasteiger partial charge on any atom is -0.461 e. The fourth-order valence-corrected chi connectivity index (χ4v) is 4.00. The van der Waals surface area contributed by atoms with Crippen LogP contribution in [0.3, 0.4) is 0 Å². The van der Waals surface area contributed by atoms with Gasteiger partial charge in [-0.2, -0.15) is 11.8 Å². The number of carbonyl (C=O) groups excluding carboxylic acids is 1. The van der Waals surface area contributed by atoms with Crippen LogP contribution >= 0.6 is 11.8 Å². The quantitative estimate of drug-likeness (QED) is 0.592. The van der Waals surface area contributed by atoms with Gasteiger partial charge in [0.2, 0.25) is 0 Å². The highest BCUT2D eigenvalue weighted by Crippen LogP contribution is 2.33. The average Bonchev–Trinajstić information content (AvgIpc) is 3.28. The first-order valence-electron chi connectivity index (χ1n) is 9.86. The van der Waals surface area contributed by atoms with E-state index in [-0.39, 0.29) is 11.5 Å². The maximum atomic E-state index is 14.5. The topological polar surface area (TPSA) is 79.5 Å². The van der Waals surface area contributed by atoms with Crippen LogP contribution in [0.5, 0.6) is 0 Å². The minimum atomic E-state index is -0.406. The summed E-state index contributed by atoms with van der Waals surface area (Å²) >= 11 is 1.77. The highest BCUT2D eigenvalue weighted by Gasteiger charge is 2.24. The summed E-state index contributed by atoms with van der Waals surface area (Å²) in [6, 6.07) is 5.09. The minimum absolute atomic E-state index is 0.104. The third-order valence-electron chi connectivity index (χ3n) is 5.18. The number of aldehydes is 1. The van der Waals surface area contributed by atoms with Crippen molar-refractivity contribution in [3.63, 3.8) is 0 Å². The normalized spacial score (nSPS) is 14.5. The maximum Gasteiger partial charge on any atom is 0.169 e. The van der Waals surface area contributed by atoms with Crippen molar-refractivity contribution in [1.29, 1.82) is 0 Å². The van der Waals surface area contributed by atoms with E-state index in [0.717, 1.165) is 63.0 Å². The number of piperidine rings is 1. The Bertz CT molecular complexity index is 987. The molecule has 0 spiro atoms. The molecule has 3 aromatic rings. The summed E-state index contributed by atoms with van der Waals surface area (Å²) in [5.41, 5.74) is 2.53. The van der Waals surface area contributed by atoms with Crippen LogP contribution in [-0.4, -0.2) is 53.6 Å². The zero-order valence-corrected chi connectivity index (χ0v) is 18.0. The number of carbonyl (C=O) groups is 1. The van der Waals surface area contributed by atoms with Crippen molar-refractivity contribution in [3.05, 3.63) is 42.2 Å². The second-order valence-electron chi connectivity index (χ2n) is 7.03. The second-order valence-corrected chi connectivity index (χ2v) is 8.02. The lowest BCUT2D eigenvalue weighted by Gasteiger charge is -2.31. The smallest absolute Gasteiger partial charge is 0.169 e. The van der Waals surface area contributed by atoms with Gasteiger partial charge in [-0.05, 0) is 43.0 Å². The van der Waals surface area contributed by atoms with Gasteiger partial charge in [-0.3, -0.25) is 4.98 Å². The van der Waals surface area contributed by atoms with Crippen molar-refractivity contribution in [2.45, 2.75) is 19.3 Å². The van der Waals surface area contributed by atoms with Gasteiger partial charge in [0.05, 0.1) is 12.0 Å². The largest absolute Gasteiger partial charge is 0.461 e. The summed E-state index contributed by atoms with van der Waals surface area (Å²) in [4.78, 5) is 22.8. The van der Waals surface area contributed by atoms with E-state index >= 15 is 0 Å². The zero-order chi connectivity index (χ0) is 21.5. The third kappa shape index (κ3) is 4.82. The van der Waals surface area contributed by atoms with Gasteiger partial charge in [-0.15, -0.1) is 0 Å². The molecule has 1 saturated heterocycles. The van der Waals surface area contributed by atoms with Crippen LogP contribution in [0.4, 0.5) is 10.2 Å². The van der Waals surface area contributed by atoms with Gasteiger partial charge < -0.3 is 19.2 Å². The first-order chi connectivity index (χ1) is 14.7. The molecule has 1 N–H and O–H groups in total. The Morgan fingerprint density at radius 1 is 1.33 bits per heavy atom. The lowest BCUT2D eigenvalue weighted by atomic mass is 9.98. The lowest BCUT2D eigenvalue weighted by molar-refractivity contribution is -0.111. The van der Waals surface area contributed by atoms with Crippen LogP contribution in [-0.2, 0) is 11.2 Å². The monoisotopic (exact) mass is 431 g/mol. The Labute approximate surface area is 179 Å². The predicted octanol–water partition coefficient (Wildman–Crippen LogP) is 3.96. The lowest BCUT2D eigenvalue weighted by Crippen LogP contribution is -2.35. The van der Waals surface area contributed by atoms with E-state index in [1.807, 2.05) is 6.07 Å². The van der Waals surface area contributed by atoms with Gasteiger partial charge in [-0.1, -0.05) is 0 Å². The van der Waals surface area contributed by atoms with E-state index in [0.29, 0.717) is 16.6 Å². The fraction of sp³-hybridized carbons (Fsp3) is 0.409.